The molecule has 1 N–H and O–H groups in total. The number of hydrogen-bond donors (Lipinski definition) is 1. The molecule has 0 saturated heterocycles. The molecule has 0 aliphatic rings. The second-order valence-electron chi connectivity index (χ2n) is 4.18. The van der Waals surface area contributed by atoms with E-state index in [1.165, 1.54) is 0 Å². The van der Waals surface area contributed by atoms with Crippen molar-refractivity contribution in [2.24, 2.45) is 5.41 Å². The second-order valence-corrected chi connectivity index (χ2v) is 4.18. The van der Waals surface area contributed by atoms with Gasteiger partial charge in [0.05, 0.1) is 6.10 Å². The van der Waals surface area contributed by atoms with Crippen molar-refractivity contribution in [1.29, 1.82) is 0 Å². The van der Waals surface area contributed by atoms with Crippen LogP contribution in [0.2, 0.25) is 0 Å². The lowest BCUT2D eigenvalue weighted by Gasteiger charge is -2.20. The summed E-state index contributed by atoms with van der Waals surface area (Å²) < 4.78 is 0. The Balaban J connectivity index is 3.69. The molecule has 0 aliphatic heterocycles. The fourth-order valence-electron chi connectivity index (χ4n) is 1.02. The molecule has 72 valence electrons. The molecule has 0 radical (unpaired) electrons. The third-order valence-corrected chi connectivity index (χ3v) is 2.38. The summed E-state index contributed by atoms with van der Waals surface area (Å²) in [5.41, 5.74) is -0.213. The molecule has 0 aromatic rings. The molecule has 12 heavy (non-hydrogen) atoms. The molecule has 0 aromatic carbocycles. The topological polar surface area (TPSA) is 37.3 Å². The van der Waals surface area contributed by atoms with Gasteiger partial charge in [-0.25, -0.2) is 0 Å². The minimum absolute atomic E-state index is 0.213. The van der Waals surface area contributed by atoms with Crippen molar-refractivity contribution < 1.29 is 9.90 Å². The number of carbonyl (C=O) groups is 1. The molecule has 2 nitrogen and oxygen atoms in total. The first-order valence-corrected chi connectivity index (χ1v) is 4.55. The van der Waals surface area contributed by atoms with Crippen molar-refractivity contribution in [2.75, 3.05) is 0 Å². The van der Waals surface area contributed by atoms with Gasteiger partial charge >= 0.3 is 0 Å². The lowest BCUT2D eigenvalue weighted by Crippen LogP contribution is -2.21. The summed E-state index contributed by atoms with van der Waals surface area (Å²) in [7, 11) is 0. The van der Waals surface area contributed by atoms with Gasteiger partial charge in [0.2, 0.25) is 0 Å². The van der Waals surface area contributed by atoms with E-state index in [1.54, 1.807) is 13.8 Å². The van der Waals surface area contributed by atoms with Crippen LogP contribution in [0.3, 0.4) is 0 Å². The highest BCUT2D eigenvalue weighted by Crippen LogP contribution is 2.24. The zero-order chi connectivity index (χ0) is 9.78. The molecule has 0 aromatic heterocycles. The molecule has 0 aliphatic carbocycles. The van der Waals surface area contributed by atoms with Gasteiger partial charge in [0.1, 0.15) is 5.78 Å². The van der Waals surface area contributed by atoms with E-state index in [0.717, 1.165) is 19.3 Å². The summed E-state index contributed by atoms with van der Waals surface area (Å²) in [5.74, 6) is 0.230. The Labute approximate surface area is 75.0 Å². The summed E-state index contributed by atoms with van der Waals surface area (Å²) in [5, 5.41) is 9.00. The Kier molecular flexibility index (Phi) is 4.46. The highest BCUT2D eigenvalue weighted by Gasteiger charge is 2.22. The quantitative estimate of drug-likeness (QED) is 0.690. The Morgan fingerprint density at radius 1 is 1.50 bits per heavy atom. The monoisotopic (exact) mass is 172 g/mol. The predicted molar refractivity (Wildman–Crippen MR) is 50.0 cm³/mol. The number of hydrogen-bond acceptors (Lipinski definition) is 2. The van der Waals surface area contributed by atoms with Crippen LogP contribution in [0, 0.1) is 5.41 Å². The number of ketones is 1. The van der Waals surface area contributed by atoms with Crippen molar-refractivity contribution in [3.05, 3.63) is 0 Å². The van der Waals surface area contributed by atoms with Crippen LogP contribution < -0.4 is 0 Å². The largest absolute Gasteiger partial charge is 0.393 e. The highest BCUT2D eigenvalue weighted by molar-refractivity contribution is 5.81. The van der Waals surface area contributed by atoms with Crippen molar-refractivity contribution in [3.8, 4) is 0 Å². The van der Waals surface area contributed by atoms with Crippen molar-refractivity contribution in [1.82, 2.24) is 0 Å². The van der Waals surface area contributed by atoms with Gasteiger partial charge < -0.3 is 5.11 Å². The van der Waals surface area contributed by atoms with E-state index in [4.69, 9.17) is 5.11 Å². The van der Waals surface area contributed by atoms with Crippen molar-refractivity contribution >= 4 is 5.78 Å². The normalized spacial score (nSPS) is 14.4. The molecule has 2 heteroatoms. The average molecular weight is 172 g/mol. The molecule has 1 atom stereocenters. The Hall–Kier alpha value is -0.370. The summed E-state index contributed by atoms with van der Waals surface area (Å²) >= 11 is 0. The minimum Gasteiger partial charge on any atom is -0.393 e. The summed E-state index contributed by atoms with van der Waals surface area (Å²) in [6.07, 6.45) is 2.33. The lowest BCUT2D eigenvalue weighted by molar-refractivity contribution is -0.125. The minimum atomic E-state index is -0.243. The first kappa shape index (κ1) is 11.6. The smallest absolute Gasteiger partial charge is 0.135 e. The van der Waals surface area contributed by atoms with Crippen LogP contribution in [-0.4, -0.2) is 17.0 Å². The van der Waals surface area contributed by atoms with Crippen LogP contribution in [0.25, 0.3) is 0 Å². The van der Waals surface area contributed by atoms with E-state index in [0.29, 0.717) is 0 Å². The molecule has 0 unspecified atom stereocenters. The number of Topliss-reactive ketones (excluding diaryl/α,β-unsaturated/α-hetero) is 1. The van der Waals surface area contributed by atoms with Gasteiger partial charge in [-0.15, -0.1) is 0 Å². The van der Waals surface area contributed by atoms with Gasteiger partial charge in [-0.1, -0.05) is 13.8 Å². The summed E-state index contributed by atoms with van der Waals surface area (Å²) in [6.45, 7) is 7.32. The van der Waals surface area contributed by atoms with Gasteiger partial charge in [0.25, 0.3) is 0 Å². The number of aliphatic hydroxyl groups excluding tert-OH is 1. The average Bonchev–Trinajstić information content (AvgIpc) is 1.85. The molecule has 0 heterocycles. The maximum absolute atomic E-state index is 11.1. The zero-order valence-electron chi connectivity index (χ0n) is 8.55. The molecule has 0 bridgehead atoms. The Bertz CT molecular complexity index is 148. The van der Waals surface area contributed by atoms with E-state index >= 15 is 0 Å². The van der Waals surface area contributed by atoms with E-state index in [-0.39, 0.29) is 17.3 Å². The molecular weight excluding hydrogens is 152 g/mol. The molecule has 0 fully saturated rings. The molecule has 0 rings (SSSR count). The summed E-state index contributed by atoms with van der Waals surface area (Å²) in [4.78, 5) is 11.1. The zero-order valence-corrected chi connectivity index (χ0v) is 8.55. The van der Waals surface area contributed by atoms with Gasteiger partial charge in [-0.2, -0.15) is 0 Å². The molecule has 0 spiro atoms. The predicted octanol–water partition coefficient (Wildman–Crippen LogP) is 2.15. The lowest BCUT2D eigenvalue weighted by atomic mass is 9.83. The van der Waals surface area contributed by atoms with Gasteiger partial charge in [-0.05, 0) is 33.1 Å². The first-order valence-electron chi connectivity index (χ1n) is 4.55. The van der Waals surface area contributed by atoms with E-state index in [1.807, 2.05) is 13.8 Å². The van der Waals surface area contributed by atoms with E-state index < -0.39 is 0 Å². The Morgan fingerprint density at radius 3 is 2.33 bits per heavy atom. The van der Waals surface area contributed by atoms with Crippen LogP contribution in [0.5, 0.6) is 0 Å². The fourth-order valence-corrected chi connectivity index (χ4v) is 1.02. The number of carbonyl (C=O) groups excluding carboxylic acids is 1. The van der Waals surface area contributed by atoms with E-state index in [2.05, 4.69) is 0 Å². The maximum atomic E-state index is 11.1. The number of rotatable bonds is 5. The van der Waals surface area contributed by atoms with Gasteiger partial charge in [0, 0.05) is 5.41 Å². The second kappa shape index (κ2) is 4.61. The molecule has 0 saturated carbocycles. The number of aliphatic hydroxyl groups is 1. The maximum Gasteiger partial charge on any atom is 0.135 e. The highest BCUT2D eigenvalue weighted by atomic mass is 16.3. The van der Waals surface area contributed by atoms with Gasteiger partial charge in [-0.3, -0.25) is 4.79 Å². The molecule has 0 amide bonds. The molecular formula is C10H20O2. The van der Waals surface area contributed by atoms with Crippen molar-refractivity contribution in [3.63, 3.8) is 0 Å². The standard InChI is InChI=1S/C10H20O2/c1-8(11)6-5-7-10(3,4)9(2)12/h8,11H,5-7H2,1-4H3/t8-/m0/s1. The Morgan fingerprint density at radius 2 is 2.00 bits per heavy atom. The third kappa shape index (κ3) is 4.50. The fraction of sp³-hybridized carbons (Fsp3) is 0.900. The van der Waals surface area contributed by atoms with Crippen LogP contribution in [0.15, 0.2) is 0 Å². The van der Waals surface area contributed by atoms with Crippen molar-refractivity contribution in [2.45, 2.75) is 53.1 Å². The SMILES string of the molecule is CC(=O)C(C)(C)CCC[C@H](C)O. The van der Waals surface area contributed by atoms with Crippen LogP contribution in [-0.2, 0) is 4.79 Å². The van der Waals surface area contributed by atoms with Crippen LogP contribution >= 0.6 is 0 Å². The van der Waals surface area contributed by atoms with E-state index in [9.17, 15) is 4.79 Å². The van der Waals surface area contributed by atoms with Crippen LogP contribution in [0.4, 0.5) is 0 Å². The van der Waals surface area contributed by atoms with Gasteiger partial charge in [0.15, 0.2) is 0 Å². The first-order chi connectivity index (χ1) is 5.36. The van der Waals surface area contributed by atoms with Crippen LogP contribution in [0.1, 0.15) is 47.0 Å². The third-order valence-electron chi connectivity index (χ3n) is 2.38. The summed E-state index contributed by atoms with van der Waals surface area (Å²) in [6, 6.07) is 0.